The van der Waals surface area contributed by atoms with Crippen molar-refractivity contribution in [1.82, 2.24) is 0 Å². The average molecular weight is 320 g/mol. The minimum absolute atomic E-state index is 0.157. The van der Waals surface area contributed by atoms with Crippen LogP contribution in [0.25, 0.3) is 12.2 Å². The van der Waals surface area contributed by atoms with Gasteiger partial charge in [-0.05, 0) is 60.4 Å². The number of aryl methyl sites for hydroxylation is 2. The van der Waals surface area contributed by atoms with E-state index in [4.69, 9.17) is 0 Å². The number of carbonyl (C=O) groups is 2. The maximum atomic E-state index is 11.9. The molecule has 24 heavy (non-hydrogen) atoms. The molecule has 0 heterocycles. The first-order valence-electron chi connectivity index (χ1n) is 7.72. The molecule has 3 nitrogen and oxygen atoms in total. The molecule has 0 fully saturated rings. The van der Waals surface area contributed by atoms with Gasteiger partial charge >= 0.3 is 0 Å². The first kappa shape index (κ1) is 17.4. The Kier molecular flexibility index (Phi) is 5.85. The van der Waals surface area contributed by atoms with Gasteiger partial charge in [-0.2, -0.15) is 0 Å². The third kappa shape index (κ3) is 5.36. The van der Waals surface area contributed by atoms with Crippen molar-refractivity contribution in [3.63, 3.8) is 0 Å². The molecule has 1 N–H and O–H groups in total. The van der Waals surface area contributed by atoms with Crippen LogP contribution in [-0.4, -0.2) is 16.7 Å². The van der Waals surface area contributed by atoms with E-state index in [2.05, 4.69) is 0 Å². The van der Waals surface area contributed by atoms with Gasteiger partial charge in [0.1, 0.15) is 5.75 Å². The zero-order valence-electron chi connectivity index (χ0n) is 13.8. The molecule has 0 bridgehead atoms. The van der Waals surface area contributed by atoms with E-state index in [0.717, 1.165) is 16.7 Å². The summed E-state index contributed by atoms with van der Waals surface area (Å²) >= 11 is 0. The molecule has 0 saturated heterocycles. The Morgan fingerprint density at radius 3 is 1.96 bits per heavy atom. The molecule has 0 saturated carbocycles. The van der Waals surface area contributed by atoms with Gasteiger partial charge < -0.3 is 5.11 Å². The summed E-state index contributed by atoms with van der Waals surface area (Å²) in [6.45, 7) is 4.05. The highest BCUT2D eigenvalue weighted by molar-refractivity contribution is 6.10. The quantitative estimate of drug-likeness (QED) is 0.639. The average Bonchev–Trinajstić information content (AvgIpc) is 2.55. The number of allylic oxidation sites excluding steroid dienone is 2. The molecule has 2 aromatic rings. The Balaban J connectivity index is 1.91. The molecule has 122 valence electrons. The number of aromatic hydroxyl groups is 1. The number of hydrogen-bond donors (Lipinski definition) is 1. The fourth-order valence-corrected chi connectivity index (χ4v) is 2.12. The van der Waals surface area contributed by atoms with Crippen molar-refractivity contribution >= 4 is 23.7 Å². The maximum Gasteiger partial charge on any atom is 0.163 e. The molecule has 0 unspecified atom stereocenters. The standard InChI is InChI=1S/C21H20O3/c1-15-3-4-18(13-16(15)2)8-12-21(24)14-20(23)11-7-17-5-9-19(22)10-6-17/h3-13,22H,14H2,1-2H3/b11-7+,12-8+. The Hall–Kier alpha value is -2.94. The van der Waals surface area contributed by atoms with E-state index in [0.29, 0.717) is 0 Å². The van der Waals surface area contributed by atoms with Crippen LogP contribution in [0.2, 0.25) is 0 Å². The highest BCUT2D eigenvalue weighted by Crippen LogP contribution is 2.12. The van der Waals surface area contributed by atoms with Crippen LogP contribution in [0.4, 0.5) is 0 Å². The number of hydrogen-bond acceptors (Lipinski definition) is 3. The number of phenolic OH excluding ortho intramolecular Hbond substituents is 1. The van der Waals surface area contributed by atoms with Crippen molar-refractivity contribution in [3.05, 3.63) is 76.9 Å². The van der Waals surface area contributed by atoms with Gasteiger partial charge in [0.15, 0.2) is 11.6 Å². The zero-order valence-corrected chi connectivity index (χ0v) is 13.8. The summed E-state index contributed by atoms with van der Waals surface area (Å²) in [5.74, 6) is -0.309. The summed E-state index contributed by atoms with van der Waals surface area (Å²) in [5, 5.41) is 9.20. The van der Waals surface area contributed by atoms with Crippen LogP contribution >= 0.6 is 0 Å². The zero-order chi connectivity index (χ0) is 17.5. The van der Waals surface area contributed by atoms with Gasteiger partial charge in [0.25, 0.3) is 0 Å². The lowest BCUT2D eigenvalue weighted by molar-refractivity contribution is -0.121. The summed E-state index contributed by atoms with van der Waals surface area (Å²) in [4.78, 5) is 23.7. The van der Waals surface area contributed by atoms with Crippen LogP contribution in [0.15, 0.2) is 54.6 Å². The lowest BCUT2D eigenvalue weighted by atomic mass is 10.1. The van der Waals surface area contributed by atoms with E-state index in [-0.39, 0.29) is 23.7 Å². The van der Waals surface area contributed by atoms with Gasteiger partial charge in [-0.3, -0.25) is 9.59 Å². The monoisotopic (exact) mass is 320 g/mol. The molecule has 2 rings (SSSR count). The van der Waals surface area contributed by atoms with Crippen molar-refractivity contribution in [1.29, 1.82) is 0 Å². The van der Waals surface area contributed by atoms with Gasteiger partial charge in [0.2, 0.25) is 0 Å². The molecular formula is C21H20O3. The Morgan fingerprint density at radius 2 is 1.38 bits per heavy atom. The van der Waals surface area contributed by atoms with Gasteiger partial charge in [-0.25, -0.2) is 0 Å². The van der Waals surface area contributed by atoms with E-state index in [1.54, 1.807) is 36.4 Å². The first-order valence-corrected chi connectivity index (χ1v) is 7.72. The van der Waals surface area contributed by atoms with Gasteiger partial charge in [0, 0.05) is 0 Å². The maximum absolute atomic E-state index is 11.9. The van der Waals surface area contributed by atoms with E-state index >= 15 is 0 Å². The molecule has 3 heteroatoms. The van der Waals surface area contributed by atoms with Crippen LogP contribution in [0.1, 0.15) is 28.7 Å². The van der Waals surface area contributed by atoms with E-state index in [1.807, 2.05) is 32.0 Å². The van der Waals surface area contributed by atoms with E-state index < -0.39 is 0 Å². The summed E-state index contributed by atoms with van der Waals surface area (Å²) in [6, 6.07) is 12.4. The topological polar surface area (TPSA) is 54.4 Å². The number of ketones is 2. The highest BCUT2D eigenvalue weighted by atomic mass is 16.3. The molecule has 0 amide bonds. The number of carbonyl (C=O) groups excluding carboxylic acids is 2. The Labute approximate surface area is 142 Å². The van der Waals surface area contributed by atoms with E-state index in [1.165, 1.54) is 17.7 Å². The van der Waals surface area contributed by atoms with Crippen molar-refractivity contribution in [2.45, 2.75) is 20.3 Å². The SMILES string of the molecule is Cc1ccc(/C=C/C(=O)CC(=O)/C=C/c2ccc(O)cc2)cc1C. The molecule has 0 spiro atoms. The molecule has 2 aromatic carbocycles. The summed E-state index contributed by atoms with van der Waals surface area (Å²) in [5.41, 5.74) is 4.10. The second-order valence-corrected chi connectivity index (χ2v) is 5.71. The van der Waals surface area contributed by atoms with Crippen molar-refractivity contribution < 1.29 is 14.7 Å². The van der Waals surface area contributed by atoms with Crippen molar-refractivity contribution in [3.8, 4) is 5.75 Å². The van der Waals surface area contributed by atoms with Crippen LogP contribution in [0.3, 0.4) is 0 Å². The third-order valence-corrected chi connectivity index (χ3v) is 3.70. The van der Waals surface area contributed by atoms with Gasteiger partial charge in [-0.1, -0.05) is 42.5 Å². The normalized spacial score (nSPS) is 11.2. The minimum Gasteiger partial charge on any atom is -0.508 e. The second-order valence-electron chi connectivity index (χ2n) is 5.71. The molecule has 0 aliphatic heterocycles. The summed E-state index contributed by atoms with van der Waals surface area (Å²) < 4.78 is 0. The van der Waals surface area contributed by atoms with Crippen LogP contribution in [-0.2, 0) is 9.59 Å². The molecular weight excluding hydrogens is 300 g/mol. The number of benzene rings is 2. The van der Waals surface area contributed by atoms with Gasteiger partial charge in [-0.15, -0.1) is 0 Å². The van der Waals surface area contributed by atoms with Crippen molar-refractivity contribution in [2.24, 2.45) is 0 Å². The lowest BCUT2D eigenvalue weighted by Crippen LogP contribution is -2.01. The minimum atomic E-state index is -0.252. The second kappa shape index (κ2) is 8.06. The Bertz CT molecular complexity index is 796. The predicted molar refractivity (Wildman–Crippen MR) is 96.7 cm³/mol. The largest absolute Gasteiger partial charge is 0.508 e. The summed E-state index contributed by atoms with van der Waals surface area (Å²) in [6.07, 6.45) is 6.02. The van der Waals surface area contributed by atoms with Crippen molar-refractivity contribution in [2.75, 3.05) is 0 Å². The smallest absolute Gasteiger partial charge is 0.163 e. The highest BCUT2D eigenvalue weighted by Gasteiger charge is 2.03. The van der Waals surface area contributed by atoms with Gasteiger partial charge in [0.05, 0.1) is 6.42 Å². The first-order chi connectivity index (χ1) is 11.4. The third-order valence-electron chi connectivity index (χ3n) is 3.70. The van der Waals surface area contributed by atoms with Crippen LogP contribution in [0.5, 0.6) is 5.75 Å². The van der Waals surface area contributed by atoms with Crippen LogP contribution < -0.4 is 0 Å². The van der Waals surface area contributed by atoms with Crippen LogP contribution in [0, 0.1) is 13.8 Å². The van der Waals surface area contributed by atoms with E-state index in [9.17, 15) is 14.7 Å². The predicted octanol–water partition coefficient (Wildman–Crippen LogP) is 4.26. The number of rotatable bonds is 6. The molecule has 0 radical (unpaired) electrons. The Morgan fingerprint density at radius 1 is 0.833 bits per heavy atom. The molecule has 0 atom stereocenters. The summed E-state index contributed by atoms with van der Waals surface area (Å²) in [7, 11) is 0. The molecule has 0 aliphatic carbocycles. The molecule has 0 aromatic heterocycles. The number of phenols is 1. The fourth-order valence-electron chi connectivity index (χ4n) is 2.12. The molecule has 0 aliphatic rings. The fraction of sp³-hybridized carbons (Fsp3) is 0.143. The lowest BCUT2D eigenvalue weighted by Gasteiger charge is -2.00.